The van der Waals surface area contributed by atoms with E-state index >= 15 is 0 Å². The van der Waals surface area contributed by atoms with Gasteiger partial charge in [-0.1, -0.05) is 84.6 Å². The molecule has 0 aliphatic carbocycles. The number of imidazole rings is 1. The van der Waals surface area contributed by atoms with Crippen molar-refractivity contribution in [3.8, 4) is 39.5 Å². The molecule has 0 saturated carbocycles. The molecule has 0 unspecified atom stereocenters. The van der Waals surface area contributed by atoms with Gasteiger partial charge in [-0.05, 0) is 52.2 Å². The van der Waals surface area contributed by atoms with Crippen molar-refractivity contribution < 1.29 is 0 Å². The summed E-state index contributed by atoms with van der Waals surface area (Å²) < 4.78 is 2.21. The van der Waals surface area contributed by atoms with Crippen molar-refractivity contribution in [3.05, 3.63) is 122 Å². The number of hydrogen-bond acceptors (Lipinski definition) is 4. The summed E-state index contributed by atoms with van der Waals surface area (Å²) in [6.07, 6.45) is 5.75. The average molecular weight is 505 g/mol. The molecule has 0 fully saturated rings. The molecule has 0 bridgehead atoms. The van der Waals surface area contributed by atoms with Crippen LogP contribution in [0.4, 0.5) is 0 Å². The average Bonchev–Trinajstić information content (AvgIpc) is 3.30. The van der Waals surface area contributed by atoms with Gasteiger partial charge in [-0.15, -0.1) is 0 Å². The summed E-state index contributed by atoms with van der Waals surface area (Å²) in [6, 6.07) is 36.2. The van der Waals surface area contributed by atoms with Crippen LogP contribution in [-0.2, 0) is 0 Å². The van der Waals surface area contributed by atoms with E-state index in [-0.39, 0.29) is 0 Å². The Morgan fingerprint density at radius 2 is 1.50 bits per heavy atom. The Hall–Kier alpha value is -4.74. The summed E-state index contributed by atoms with van der Waals surface area (Å²) in [4.78, 5) is 16.7. The van der Waals surface area contributed by atoms with E-state index in [0.717, 1.165) is 49.2 Å². The van der Waals surface area contributed by atoms with Gasteiger partial charge in [0.25, 0.3) is 0 Å². The fourth-order valence-corrected chi connectivity index (χ4v) is 6.41. The molecule has 3 aromatic heterocycles. The van der Waals surface area contributed by atoms with Gasteiger partial charge in [0.1, 0.15) is 5.82 Å². The first kappa shape index (κ1) is 21.4. The first-order valence-electron chi connectivity index (χ1n) is 12.5. The van der Waals surface area contributed by atoms with E-state index in [0.29, 0.717) is 0 Å². The Balaban J connectivity index is 1.30. The van der Waals surface area contributed by atoms with Crippen LogP contribution in [0, 0.1) is 0 Å². The Labute approximate surface area is 223 Å². The van der Waals surface area contributed by atoms with Crippen LogP contribution < -0.4 is 0 Å². The fraction of sp³-hybridized carbons (Fsp3) is 0. The number of fused-ring (bicyclic) bond motifs is 8. The lowest BCUT2D eigenvalue weighted by Gasteiger charge is -2.11. The highest BCUT2D eigenvalue weighted by Crippen LogP contribution is 2.45. The van der Waals surface area contributed by atoms with E-state index in [2.05, 4.69) is 107 Å². The number of hydrogen-bond donors (Lipinski definition) is 0. The smallest absolute Gasteiger partial charge is 0.148 e. The molecule has 8 rings (SSSR count). The second kappa shape index (κ2) is 8.40. The van der Waals surface area contributed by atoms with Gasteiger partial charge in [0.15, 0.2) is 0 Å². The van der Waals surface area contributed by atoms with E-state index in [1.54, 1.807) is 11.8 Å². The van der Waals surface area contributed by atoms with Gasteiger partial charge in [0, 0.05) is 27.7 Å². The van der Waals surface area contributed by atoms with Crippen molar-refractivity contribution in [3.63, 3.8) is 0 Å². The maximum atomic E-state index is 5.02. The minimum Gasteiger partial charge on any atom is -0.290 e. The van der Waals surface area contributed by atoms with E-state index < -0.39 is 0 Å². The minimum absolute atomic E-state index is 0.893. The van der Waals surface area contributed by atoms with Crippen LogP contribution in [0.3, 0.4) is 0 Å². The third-order valence-electron chi connectivity index (χ3n) is 7.15. The van der Waals surface area contributed by atoms with Crippen molar-refractivity contribution in [2.45, 2.75) is 9.79 Å². The fourth-order valence-electron chi connectivity index (χ4n) is 5.37. The molecule has 1 aliphatic rings. The highest BCUT2D eigenvalue weighted by molar-refractivity contribution is 7.99. The number of pyridine rings is 2. The first-order valence-corrected chi connectivity index (χ1v) is 13.3. The predicted molar refractivity (Wildman–Crippen MR) is 155 cm³/mol. The number of rotatable bonds is 2. The quantitative estimate of drug-likeness (QED) is 0.237. The standard InChI is InChI=1S/C33H20N4S/c1-2-11-24-21(7-1)8-6-12-25(24)22-9-5-10-23(17-22)28-18-32-26(19-35-28)33-36-27-13-3-4-14-29(27)37(33)30-20-34-16-15-31(30)38-32/h1-20H. The molecule has 0 N–H and O–H groups in total. The molecule has 0 amide bonds. The number of nitrogens with zero attached hydrogens (tertiary/aromatic N) is 4. The third kappa shape index (κ3) is 3.29. The molecule has 4 heterocycles. The van der Waals surface area contributed by atoms with Crippen LogP contribution in [0.15, 0.2) is 132 Å². The monoisotopic (exact) mass is 504 g/mol. The van der Waals surface area contributed by atoms with Crippen molar-refractivity contribution in [2.24, 2.45) is 0 Å². The number of benzene rings is 4. The normalized spacial score (nSPS) is 12.1. The summed E-state index contributed by atoms with van der Waals surface area (Å²) in [5, 5.41) is 2.49. The Morgan fingerprint density at radius 1 is 0.658 bits per heavy atom. The van der Waals surface area contributed by atoms with E-state index in [1.165, 1.54) is 21.9 Å². The molecule has 7 aromatic rings. The second-order valence-electron chi connectivity index (χ2n) is 9.38. The van der Waals surface area contributed by atoms with Crippen molar-refractivity contribution >= 4 is 33.6 Å². The number of aromatic nitrogens is 4. The van der Waals surface area contributed by atoms with Gasteiger partial charge in [-0.3, -0.25) is 14.5 Å². The molecular formula is C33H20N4S. The third-order valence-corrected chi connectivity index (χ3v) is 8.27. The molecule has 0 radical (unpaired) electrons. The molecule has 5 heteroatoms. The van der Waals surface area contributed by atoms with Gasteiger partial charge in [0.05, 0.1) is 34.2 Å². The SMILES string of the molecule is c1cc(-c2cc3c(cn2)-c2nc4ccccc4n2-c2cnccc2S3)cc(-c2cccc3ccccc23)c1. The summed E-state index contributed by atoms with van der Waals surface area (Å²) >= 11 is 1.74. The zero-order chi connectivity index (χ0) is 25.1. The van der Waals surface area contributed by atoms with Gasteiger partial charge in [-0.25, -0.2) is 4.98 Å². The van der Waals surface area contributed by atoms with Crippen LogP contribution in [0.2, 0.25) is 0 Å². The zero-order valence-corrected chi connectivity index (χ0v) is 21.1. The highest BCUT2D eigenvalue weighted by Gasteiger charge is 2.24. The molecule has 1 aliphatic heterocycles. The molecule has 0 atom stereocenters. The summed E-state index contributed by atoms with van der Waals surface area (Å²) in [5.74, 6) is 0.893. The lowest BCUT2D eigenvalue weighted by atomic mass is 9.96. The van der Waals surface area contributed by atoms with Crippen LogP contribution >= 0.6 is 11.8 Å². The highest BCUT2D eigenvalue weighted by atomic mass is 32.2. The summed E-state index contributed by atoms with van der Waals surface area (Å²) in [6.45, 7) is 0. The van der Waals surface area contributed by atoms with Crippen LogP contribution in [0.1, 0.15) is 0 Å². The molecular weight excluding hydrogens is 484 g/mol. The molecule has 38 heavy (non-hydrogen) atoms. The maximum absolute atomic E-state index is 5.02. The molecule has 4 aromatic carbocycles. The second-order valence-corrected chi connectivity index (χ2v) is 10.5. The predicted octanol–water partition coefficient (Wildman–Crippen LogP) is 8.43. The minimum atomic E-state index is 0.893. The van der Waals surface area contributed by atoms with Crippen LogP contribution in [0.25, 0.3) is 61.3 Å². The van der Waals surface area contributed by atoms with Crippen LogP contribution in [-0.4, -0.2) is 19.5 Å². The topological polar surface area (TPSA) is 43.6 Å². The van der Waals surface area contributed by atoms with Gasteiger partial charge >= 0.3 is 0 Å². The molecule has 178 valence electrons. The summed E-state index contributed by atoms with van der Waals surface area (Å²) in [7, 11) is 0. The largest absolute Gasteiger partial charge is 0.290 e. The first-order chi connectivity index (χ1) is 18.8. The Morgan fingerprint density at radius 3 is 2.50 bits per heavy atom. The molecule has 4 nitrogen and oxygen atoms in total. The lowest BCUT2D eigenvalue weighted by Crippen LogP contribution is -1.98. The maximum Gasteiger partial charge on any atom is 0.148 e. The van der Waals surface area contributed by atoms with Gasteiger partial charge in [0.2, 0.25) is 0 Å². The summed E-state index contributed by atoms with van der Waals surface area (Å²) in [5.41, 5.74) is 8.53. The molecule has 0 spiro atoms. The van der Waals surface area contributed by atoms with Gasteiger partial charge < -0.3 is 0 Å². The van der Waals surface area contributed by atoms with Gasteiger partial charge in [-0.2, -0.15) is 0 Å². The van der Waals surface area contributed by atoms with Crippen molar-refractivity contribution in [1.82, 2.24) is 19.5 Å². The van der Waals surface area contributed by atoms with E-state index in [1.807, 2.05) is 24.7 Å². The van der Waals surface area contributed by atoms with Crippen molar-refractivity contribution in [2.75, 3.05) is 0 Å². The van der Waals surface area contributed by atoms with Crippen molar-refractivity contribution in [1.29, 1.82) is 0 Å². The Kier molecular flexibility index (Phi) is 4.72. The van der Waals surface area contributed by atoms with E-state index in [9.17, 15) is 0 Å². The number of para-hydroxylation sites is 2. The molecule has 0 saturated heterocycles. The van der Waals surface area contributed by atoms with E-state index in [4.69, 9.17) is 9.97 Å². The Bertz CT molecular complexity index is 2020. The van der Waals surface area contributed by atoms with Crippen LogP contribution in [0.5, 0.6) is 0 Å². The zero-order valence-electron chi connectivity index (χ0n) is 20.2. The lowest BCUT2D eigenvalue weighted by molar-refractivity contribution is 1.04.